The van der Waals surface area contributed by atoms with Crippen LogP contribution in [0.1, 0.15) is 41.4 Å². The van der Waals surface area contributed by atoms with Gasteiger partial charge >= 0.3 is 0 Å². The second kappa shape index (κ2) is 5.27. The zero-order valence-electron chi connectivity index (χ0n) is 8.75. The number of thiophene rings is 1. The van der Waals surface area contributed by atoms with Gasteiger partial charge in [-0.15, -0.1) is 11.3 Å². The van der Waals surface area contributed by atoms with Crippen LogP contribution < -0.4 is 5.73 Å². The first-order chi connectivity index (χ1) is 6.63. The summed E-state index contributed by atoms with van der Waals surface area (Å²) in [5.74, 6) is 0.176. The second-order valence-corrected chi connectivity index (χ2v) is 4.74. The molecule has 0 radical (unpaired) electrons. The molecule has 0 aliphatic rings. The molecule has 1 atom stereocenters. The molecule has 2 nitrogen and oxygen atoms in total. The molecule has 0 spiro atoms. The van der Waals surface area contributed by atoms with Gasteiger partial charge in [0.25, 0.3) is 0 Å². The molecule has 0 saturated carbocycles. The SMILES string of the molecule is CCCC(N)CC(=O)c1csc(C)c1. The van der Waals surface area contributed by atoms with E-state index in [1.54, 1.807) is 11.3 Å². The van der Waals surface area contributed by atoms with E-state index in [0.29, 0.717) is 6.42 Å². The van der Waals surface area contributed by atoms with Gasteiger partial charge in [-0.05, 0) is 19.4 Å². The zero-order chi connectivity index (χ0) is 10.6. The molecule has 0 saturated heterocycles. The summed E-state index contributed by atoms with van der Waals surface area (Å²) in [5, 5.41) is 1.91. The Bertz CT molecular complexity index is 306. The highest BCUT2D eigenvalue weighted by Gasteiger charge is 2.11. The smallest absolute Gasteiger partial charge is 0.165 e. The molecule has 0 amide bonds. The number of rotatable bonds is 5. The summed E-state index contributed by atoms with van der Waals surface area (Å²) in [6.45, 7) is 4.09. The maximum absolute atomic E-state index is 11.7. The molecule has 0 aliphatic heterocycles. The van der Waals surface area contributed by atoms with E-state index >= 15 is 0 Å². The first kappa shape index (κ1) is 11.4. The predicted octanol–water partition coefficient (Wildman–Crippen LogP) is 2.76. The van der Waals surface area contributed by atoms with E-state index in [1.165, 1.54) is 4.88 Å². The van der Waals surface area contributed by atoms with E-state index in [1.807, 2.05) is 18.4 Å². The molecule has 0 fully saturated rings. The molecular weight excluding hydrogens is 194 g/mol. The molecule has 2 N–H and O–H groups in total. The molecule has 0 bridgehead atoms. The summed E-state index contributed by atoms with van der Waals surface area (Å²) in [6, 6.07) is 1.96. The maximum atomic E-state index is 11.7. The summed E-state index contributed by atoms with van der Waals surface area (Å²) in [6.07, 6.45) is 2.44. The van der Waals surface area contributed by atoms with E-state index in [4.69, 9.17) is 5.73 Å². The summed E-state index contributed by atoms with van der Waals surface area (Å²) in [4.78, 5) is 12.8. The number of nitrogens with two attached hydrogens (primary N) is 1. The Labute approximate surface area is 89.1 Å². The van der Waals surface area contributed by atoms with Crippen molar-refractivity contribution >= 4 is 17.1 Å². The van der Waals surface area contributed by atoms with Crippen LogP contribution >= 0.6 is 11.3 Å². The molecule has 1 unspecified atom stereocenters. The Morgan fingerprint density at radius 3 is 2.86 bits per heavy atom. The highest BCUT2D eigenvalue weighted by Crippen LogP contribution is 2.15. The minimum absolute atomic E-state index is 0.0210. The van der Waals surface area contributed by atoms with Gasteiger partial charge in [0, 0.05) is 28.3 Å². The third-order valence-corrected chi connectivity index (χ3v) is 3.02. The van der Waals surface area contributed by atoms with Crippen molar-refractivity contribution in [2.45, 2.75) is 39.2 Å². The molecule has 0 aromatic carbocycles. The van der Waals surface area contributed by atoms with E-state index in [9.17, 15) is 4.79 Å². The molecule has 1 aromatic heterocycles. The van der Waals surface area contributed by atoms with Crippen LogP contribution in [0.25, 0.3) is 0 Å². The van der Waals surface area contributed by atoms with Gasteiger partial charge in [-0.3, -0.25) is 4.79 Å². The molecule has 14 heavy (non-hydrogen) atoms. The highest BCUT2D eigenvalue weighted by atomic mass is 32.1. The van der Waals surface area contributed by atoms with Crippen molar-refractivity contribution in [1.29, 1.82) is 0 Å². The predicted molar refractivity (Wildman–Crippen MR) is 60.9 cm³/mol. The Balaban J connectivity index is 2.50. The number of aryl methyl sites for hydroxylation is 1. The lowest BCUT2D eigenvalue weighted by Gasteiger charge is -2.07. The van der Waals surface area contributed by atoms with Crippen LogP contribution in [-0.2, 0) is 0 Å². The number of Topliss-reactive ketones (excluding diaryl/α,β-unsaturated/α-hetero) is 1. The lowest BCUT2D eigenvalue weighted by Crippen LogP contribution is -2.23. The number of carbonyl (C=O) groups is 1. The van der Waals surface area contributed by atoms with E-state index < -0.39 is 0 Å². The topological polar surface area (TPSA) is 43.1 Å². The van der Waals surface area contributed by atoms with Crippen LogP contribution in [0.2, 0.25) is 0 Å². The van der Waals surface area contributed by atoms with Crippen molar-refractivity contribution in [3.8, 4) is 0 Å². The third kappa shape index (κ3) is 3.24. The van der Waals surface area contributed by atoms with Crippen LogP contribution in [0.15, 0.2) is 11.4 Å². The number of ketones is 1. The molecule has 1 heterocycles. The van der Waals surface area contributed by atoms with Crippen LogP contribution in [0, 0.1) is 6.92 Å². The van der Waals surface area contributed by atoms with Crippen LogP contribution in [0.4, 0.5) is 0 Å². The average molecular weight is 211 g/mol. The van der Waals surface area contributed by atoms with Crippen LogP contribution in [-0.4, -0.2) is 11.8 Å². The Kier molecular flexibility index (Phi) is 4.29. The number of hydrogen-bond acceptors (Lipinski definition) is 3. The van der Waals surface area contributed by atoms with Gasteiger partial charge in [0.05, 0.1) is 0 Å². The Morgan fingerprint density at radius 2 is 2.36 bits per heavy atom. The largest absolute Gasteiger partial charge is 0.327 e. The van der Waals surface area contributed by atoms with Crippen molar-refractivity contribution in [1.82, 2.24) is 0 Å². The average Bonchev–Trinajstić information content (AvgIpc) is 2.52. The zero-order valence-corrected chi connectivity index (χ0v) is 9.56. The number of carbonyl (C=O) groups excluding carboxylic acids is 1. The summed E-state index contributed by atoms with van der Waals surface area (Å²) in [7, 11) is 0. The normalized spacial score (nSPS) is 12.8. The first-order valence-electron chi connectivity index (χ1n) is 4.97. The van der Waals surface area contributed by atoms with Gasteiger partial charge in [0.2, 0.25) is 0 Å². The van der Waals surface area contributed by atoms with E-state index in [0.717, 1.165) is 18.4 Å². The fourth-order valence-electron chi connectivity index (χ4n) is 1.42. The lowest BCUT2D eigenvalue weighted by atomic mass is 10.0. The molecule has 1 aromatic rings. The van der Waals surface area contributed by atoms with Crippen molar-refractivity contribution in [2.24, 2.45) is 5.73 Å². The molecule has 78 valence electrons. The summed E-state index contributed by atoms with van der Waals surface area (Å²) >= 11 is 1.61. The van der Waals surface area contributed by atoms with Gasteiger partial charge < -0.3 is 5.73 Å². The monoisotopic (exact) mass is 211 g/mol. The molecule has 3 heteroatoms. The van der Waals surface area contributed by atoms with Crippen LogP contribution in [0.5, 0.6) is 0 Å². The summed E-state index contributed by atoms with van der Waals surface area (Å²) < 4.78 is 0. The Morgan fingerprint density at radius 1 is 1.64 bits per heavy atom. The van der Waals surface area contributed by atoms with Gasteiger partial charge in [-0.25, -0.2) is 0 Å². The van der Waals surface area contributed by atoms with Gasteiger partial charge in [0.1, 0.15) is 0 Å². The van der Waals surface area contributed by atoms with Crippen LogP contribution in [0.3, 0.4) is 0 Å². The number of hydrogen-bond donors (Lipinski definition) is 1. The lowest BCUT2D eigenvalue weighted by molar-refractivity contribution is 0.0973. The summed E-state index contributed by atoms with van der Waals surface area (Å²) in [5.41, 5.74) is 6.63. The fourth-order valence-corrected chi connectivity index (χ4v) is 2.13. The molecule has 0 aliphatic carbocycles. The van der Waals surface area contributed by atoms with Crippen molar-refractivity contribution < 1.29 is 4.79 Å². The van der Waals surface area contributed by atoms with Crippen molar-refractivity contribution in [3.63, 3.8) is 0 Å². The quantitative estimate of drug-likeness (QED) is 0.761. The first-order valence-corrected chi connectivity index (χ1v) is 5.85. The van der Waals surface area contributed by atoms with E-state index in [-0.39, 0.29) is 11.8 Å². The molecule has 1 rings (SSSR count). The second-order valence-electron chi connectivity index (χ2n) is 3.62. The maximum Gasteiger partial charge on any atom is 0.165 e. The minimum Gasteiger partial charge on any atom is -0.327 e. The van der Waals surface area contributed by atoms with Gasteiger partial charge in [-0.2, -0.15) is 0 Å². The van der Waals surface area contributed by atoms with E-state index in [2.05, 4.69) is 6.92 Å². The minimum atomic E-state index is 0.0210. The van der Waals surface area contributed by atoms with Gasteiger partial charge in [-0.1, -0.05) is 13.3 Å². The third-order valence-electron chi connectivity index (χ3n) is 2.16. The standard InChI is InChI=1S/C11H17NOS/c1-3-4-10(12)6-11(13)9-5-8(2)14-7-9/h5,7,10H,3-4,6,12H2,1-2H3. The molecular formula is C11H17NOS. The van der Waals surface area contributed by atoms with Crippen molar-refractivity contribution in [2.75, 3.05) is 0 Å². The van der Waals surface area contributed by atoms with Gasteiger partial charge in [0.15, 0.2) is 5.78 Å². The fraction of sp³-hybridized carbons (Fsp3) is 0.545. The van der Waals surface area contributed by atoms with Crippen molar-refractivity contribution in [3.05, 3.63) is 21.9 Å². The highest BCUT2D eigenvalue weighted by molar-refractivity contribution is 7.10. The Hall–Kier alpha value is -0.670.